The van der Waals surface area contributed by atoms with Gasteiger partial charge in [0.05, 0.1) is 25.5 Å². The quantitative estimate of drug-likeness (QED) is 0.879. The van der Waals surface area contributed by atoms with E-state index in [-0.39, 0.29) is 28.6 Å². The molecule has 2 aromatic rings. The Morgan fingerprint density at radius 1 is 1.22 bits per heavy atom. The third-order valence-electron chi connectivity index (χ3n) is 2.43. The zero-order valence-electron chi connectivity index (χ0n) is 9.75. The largest absolute Gasteiger partial charge is 0.493 e. The lowest BCUT2D eigenvalue weighted by molar-refractivity contribution is 0.348. The van der Waals surface area contributed by atoms with Crippen molar-refractivity contribution in [3.63, 3.8) is 0 Å². The molecule has 0 spiro atoms. The van der Waals surface area contributed by atoms with E-state index >= 15 is 0 Å². The van der Waals surface area contributed by atoms with Crippen molar-refractivity contribution in [3.8, 4) is 22.8 Å². The van der Waals surface area contributed by atoms with Gasteiger partial charge in [-0.2, -0.15) is 5.10 Å². The number of H-pyrrole nitrogens is 1. The van der Waals surface area contributed by atoms with Gasteiger partial charge in [0.25, 0.3) is 0 Å². The molecule has 7 heteroatoms. The maximum absolute atomic E-state index is 13.9. The highest BCUT2D eigenvalue weighted by molar-refractivity contribution is 5.73. The maximum Gasteiger partial charge on any atom is 0.173 e. The van der Waals surface area contributed by atoms with Gasteiger partial charge in [-0.1, -0.05) is 0 Å². The fourth-order valence-corrected chi connectivity index (χ4v) is 1.65. The van der Waals surface area contributed by atoms with Crippen LogP contribution in [0.2, 0.25) is 0 Å². The van der Waals surface area contributed by atoms with Crippen molar-refractivity contribution in [2.45, 2.75) is 0 Å². The Morgan fingerprint density at radius 3 is 2.44 bits per heavy atom. The lowest BCUT2D eigenvalue weighted by Gasteiger charge is -2.13. The molecular weight excluding hydrogens is 244 g/mol. The van der Waals surface area contributed by atoms with Gasteiger partial charge in [-0.15, -0.1) is 0 Å². The molecule has 0 saturated heterocycles. The van der Waals surface area contributed by atoms with Gasteiger partial charge in [0.2, 0.25) is 0 Å². The van der Waals surface area contributed by atoms with E-state index in [1.165, 1.54) is 20.3 Å². The summed E-state index contributed by atoms with van der Waals surface area (Å²) in [4.78, 5) is 0. The van der Waals surface area contributed by atoms with Crippen LogP contribution in [0.5, 0.6) is 11.5 Å². The summed E-state index contributed by atoms with van der Waals surface area (Å²) in [5.74, 6) is -1.79. The van der Waals surface area contributed by atoms with Gasteiger partial charge in [-0.05, 0) is 0 Å². The highest BCUT2D eigenvalue weighted by atomic mass is 19.2. The number of aromatic nitrogens is 2. The third-order valence-corrected chi connectivity index (χ3v) is 2.43. The van der Waals surface area contributed by atoms with E-state index in [0.29, 0.717) is 0 Å². The number of hydrogen-bond acceptors (Lipinski definition) is 4. The monoisotopic (exact) mass is 255 g/mol. The van der Waals surface area contributed by atoms with E-state index in [9.17, 15) is 8.78 Å². The first kappa shape index (κ1) is 12.2. The van der Waals surface area contributed by atoms with E-state index < -0.39 is 11.6 Å². The number of nitrogens with zero attached hydrogens (tertiary/aromatic N) is 1. The van der Waals surface area contributed by atoms with Crippen molar-refractivity contribution in [3.05, 3.63) is 23.8 Å². The Bertz CT molecular complexity index is 584. The van der Waals surface area contributed by atoms with Crippen molar-refractivity contribution in [1.82, 2.24) is 10.2 Å². The summed E-state index contributed by atoms with van der Waals surface area (Å²) < 4.78 is 37.3. The van der Waals surface area contributed by atoms with Crippen LogP contribution in [0, 0.1) is 11.6 Å². The van der Waals surface area contributed by atoms with Gasteiger partial charge in [0.15, 0.2) is 23.1 Å². The van der Waals surface area contributed by atoms with E-state index in [2.05, 4.69) is 10.2 Å². The summed E-state index contributed by atoms with van der Waals surface area (Å²) in [5, 5.41) is 6.16. The molecule has 0 amide bonds. The number of methoxy groups -OCH3 is 2. The standard InChI is InChI=1S/C11H11F2N3O2/c1-17-7-3-5(12)10(13)9(11(7)18-2)6-4-8(14)16-15-6/h3-4H,1-2H3,(H3,14,15,16). The molecule has 96 valence electrons. The lowest BCUT2D eigenvalue weighted by Crippen LogP contribution is -1.99. The van der Waals surface area contributed by atoms with Gasteiger partial charge in [-0.3, -0.25) is 5.10 Å². The van der Waals surface area contributed by atoms with Crippen LogP contribution in [-0.4, -0.2) is 24.4 Å². The van der Waals surface area contributed by atoms with Crippen LogP contribution in [0.15, 0.2) is 12.1 Å². The third kappa shape index (κ3) is 1.83. The normalized spacial score (nSPS) is 10.4. The average Bonchev–Trinajstić information content (AvgIpc) is 2.78. The first-order chi connectivity index (χ1) is 8.58. The van der Waals surface area contributed by atoms with Crippen LogP contribution in [0.4, 0.5) is 14.6 Å². The minimum Gasteiger partial charge on any atom is -0.493 e. The fourth-order valence-electron chi connectivity index (χ4n) is 1.65. The molecule has 0 atom stereocenters. The maximum atomic E-state index is 13.9. The molecule has 1 aromatic heterocycles. The molecule has 0 fully saturated rings. The molecule has 5 nitrogen and oxygen atoms in total. The molecule has 0 aliphatic carbocycles. The molecule has 1 aromatic carbocycles. The molecule has 0 bridgehead atoms. The Labute approximate surface area is 102 Å². The van der Waals surface area contributed by atoms with Gasteiger partial charge >= 0.3 is 0 Å². The van der Waals surface area contributed by atoms with Crippen molar-refractivity contribution >= 4 is 5.82 Å². The zero-order chi connectivity index (χ0) is 13.3. The SMILES string of the molecule is COc1cc(F)c(F)c(-c2cc(N)n[nH]2)c1OC. The van der Waals surface area contributed by atoms with Crippen molar-refractivity contribution in [2.24, 2.45) is 0 Å². The minimum absolute atomic E-state index is 0.0695. The molecule has 0 radical (unpaired) electrons. The van der Waals surface area contributed by atoms with E-state index in [4.69, 9.17) is 15.2 Å². The first-order valence-corrected chi connectivity index (χ1v) is 4.99. The predicted octanol–water partition coefficient (Wildman–Crippen LogP) is 1.95. The van der Waals surface area contributed by atoms with Crippen molar-refractivity contribution in [2.75, 3.05) is 20.0 Å². The number of halogens is 2. The summed E-state index contributed by atoms with van der Waals surface area (Å²) in [6, 6.07) is 2.29. The second kappa shape index (κ2) is 4.52. The second-order valence-corrected chi connectivity index (χ2v) is 3.49. The van der Waals surface area contributed by atoms with E-state index in [1.807, 2.05) is 0 Å². The summed E-state index contributed by atoms with van der Waals surface area (Å²) >= 11 is 0. The van der Waals surface area contributed by atoms with Crippen LogP contribution in [0.1, 0.15) is 0 Å². The lowest BCUT2D eigenvalue weighted by atomic mass is 10.1. The number of benzene rings is 1. The van der Waals surface area contributed by atoms with Gasteiger partial charge < -0.3 is 15.2 Å². The van der Waals surface area contributed by atoms with E-state index in [0.717, 1.165) is 6.07 Å². The smallest absolute Gasteiger partial charge is 0.173 e. The molecule has 2 rings (SSSR count). The molecule has 0 aliphatic heterocycles. The number of rotatable bonds is 3. The predicted molar refractivity (Wildman–Crippen MR) is 61.5 cm³/mol. The molecule has 1 heterocycles. The number of ether oxygens (including phenoxy) is 2. The molecule has 0 saturated carbocycles. The summed E-state index contributed by atoms with van der Waals surface area (Å²) in [6.45, 7) is 0. The molecule has 3 N–H and O–H groups in total. The minimum atomic E-state index is -1.06. The summed E-state index contributed by atoms with van der Waals surface area (Å²) in [7, 11) is 2.67. The summed E-state index contributed by atoms with van der Waals surface area (Å²) in [5.41, 5.74) is 5.53. The van der Waals surface area contributed by atoms with Crippen LogP contribution in [0.3, 0.4) is 0 Å². The number of nitrogen functional groups attached to an aromatic ring is 1. The average molecular weight is 255 g/mol. The highest BCUT2D eigenvalue weighted by Crippen LogP contribution is 2.40. The van der Waals surface area contributed by atoms with Crippen LogP contribution >= 0.6 is 0 Å². The number of aromatic amines is 1. The Hall–Kier alpha value is -2.31. The first-order valence-electron chi connectivity index (χ1n) is 4.99. The van der Waals surface area contributed by atoms with Gasteiger partial charge in [0, 0.05) is 12.1 Å². The van der Waals surface area contributed by atoms with Crippen molar-refractivity contribution < 1.29 is 18.3 Å². The molecule has 0 unspecified atom stereocenters. The number of hydrogen-bond donors (Lipinski definition) is 2. The van der Waals surface area contributed by atoms with Crippen LogP contribution < -0.4 is 15.2 Å². The Balaban J connectivity index is 2.74. The van der Waals surface area contributed by atoms with E-state index in [1.54, 1.807) is 0 Å². The fraction of sp³-hybridized carbons (Fsp3) is 0.182. The van der Waals surface area contributed by atoms with Gasteiger partial charge in [0.1, 0.15) is 5.82 Å². The number of nitrogens with two attached hydrogens (primary N) is 1. The van der Waals surface area contributed by atoms with Gasteiger partial charge in [-0.25, -0.2) is 8.78 Å². The molecule has 18 heavy (non-hydrogen) atoms. The summed E-state index contributed by atoms with van der Waals surface area (Å²) in [6.07, 6.45) is 0. The van der Waals surface area contributed by atoms with Crippen LogP contribution in [-0.2, 0) is 0 Å². The Kier molecular flexibility index (Phi) is 3.05. The molecular formula is C11H11F2N3O2. The van der Waals surface area contributed by atoms with Crippen LogP contribution in [0.25, 0.3) is 11.3 Å². The Morgan fingerprint density at radius 2 is 1.94 bits per heavy atom. The van der Waals surface area contributed by atoms with Crippen molar-refractivity contribution in [1.29, 1.82) is 0 Å². The topological polar surface area (TPSA) is 73.2 Å². The zero-order valence-corrected chi connectivity index (χ0v) is 9.75. The molecule has 0 aliphatic rings. The number of anilines is 1. The highest BCUT2D eigenvalue weighted by Gasteiger charge is 2.22. The second-order valence-electron chi connectivity index (χ2n) is 3.49. The number of nitrogens with one attached hydrogen (secondary N) is 1.